The van der Waals surface area contributed by atoms with Gasteiger partial charge < -0.3 is 5.11 Å². The molecule has 3 aliphatic rings. The number of amides is 1. The average Bonchev–Trinajstić information content (AvgIpc) is 3.05. The Morgan fingerprint density at radius 1 is 0.939 bits per heavy atom. The van der Waals surface area contributed by atoms with Gasteiger partial charge in [-0.05, 0) is 48.2 Å². The highest BCUT2D eigenvalue weighted by molar-refractivity contribution is 6.05. The maximum absolute atomic E-state index is 14.3. The van der Waals surface area contributed by atoms with E-state index in [1.807, 2.05) is 5.01 Å². The Kier molecular flexibility index (Phi) is 5.59. The van der Waals surface area contributed by atoms with Crippen molar-refractivity contribution in [1.29, 1.82) is 0 Å². The van der Waals surface area contributed by atoms with Gasteiger partial charge in [-0.3, -0.25) is 19.6 Å². The largest absolute Gasteiger partial charge is 0.503 e. The topological polar surface area (TPSA) is 76.1 Å². The van der Waals surface area contributed by atoms with Gasteiger partial charge >= 0.3 is 0 Å². The first kappa shape index (κ1) is 21.5. The van der Waals surface area contributed by atoms with Gasteiger partial charge in [-0.25, -0.2) is 14.2 Å². The van der Waals surface area contributed by atoms with Crippen LogP contribution in [0.5, 0.6) is 0 Å². The van der Waals surface area contributed by atoms with Gasteiger partial charge in [0.05, 0.1) is 6.54 Å². The van der Waals surface area contributed by atoms with E-state index in [4.69, 9.17) is 0 Å². The van der Waals surface area contributed by atoms with Gasteiger partial charge in [0.2, 0.25) is 5.78 Å². The zero-order valence-corrected chi connectivity index (χ0v) is 17.9. The average molecular weight is 454 g/mol. The zero-order chi connectivity index (χ0) is 23.1. The van der Waals surface area contributed by atoms with Crippen LogP contribution in [0, 0.1) is 11.6 Å². The summed E-state index contributed by atoms with van der Waals surface area (Å²) in [5, 5.41) is 15.6. The van der Waals surface area contributed by atoms with Crippen LogP contribution in [0.4, 0.5) is 8.78 Å². The van der Waals surface area contributed by atoms with Crippen molar-refractivity contribution >= 4 is 11.7 Å². The minimum atomic E-state index is -0.658. The number of aliphatic hydroxyl groups excluding tert-OH is 1. The highest BCUT2D eigenvalue weighted by Crippen LogP contribution is 2.40. The minimum Gasteiger partial charge on any atom is -0.503 e. The Morgan fingerprint density at radius 2 is 1.58 bits per heavy atom. The summed E-state index contributed by atoms with van der Waals surface area (Å²) in [6.45, 7) is 0.775. The normalized spacial score (nSPS) is 21.8. The van der Waals surface area contributed by atoms with Crippen molar-refractivity contribution in [3.63, 3.8) is 0 Å². The molecule has 9 heteroatoms. The Labute approximate surface area is 189 Å². The number of rotatable bonds is 3. The molecular weight excluding hydrogens is 430 g/mol. The van der Waals surface area contributed by atoms with Crippen molar-refractivity contribution in [3.05, 3.63) is 82.7 Å². The van der Waals surface area contributed by atoms with Crippen LogP contribution >= 0.6 is 0 Å². The number of halogens is 2. The summed E-state index contributed by atoms with van der Waals surface area (Å²) < 4.78 is 28.6. The Hall–Kier alpha value is -3.30. The molecule has 0 spiro atoms. The van der Waals surface area contributed by atoms with Gasteiger partial charge in [-0.15, -0.1) is 0 Å². The number of benzene rings is 2. The van der Waals surface area contributed by atoms with Crippen molar-refractivity contribution in [3.8, 4) is 0 Å². The molecule has 2 fully saturated rings. The van der Waals surface area contributed by atoms with Crippen LogP contribution in [0.2, 0.25) is 0 Å². The number of carbonyl (C=O) groups excluding carboxylic acids is 2. The van der Waals surface area contributed by atoms with Gasteiger partial charge in [0.25, 0.3) is 5.91 Å². The second-order valence-electron chi connectivity index (χ2n) is 8.48. The number of Topliss-reactive ketones (excluding diaryl/α,β-unsaturated/α-hetero) is 1. The van der Waals surface area contributed by atoms with E-state index in [0.29, 0.717) is 24.2 Å². The molecule has 0 aromatic heterocycles. The number of aliphatic hydroxyl groups is 1. The molecule has 0 saturated carbocycles. The van der Waals surface area contributed by atoms with E-state index in [9.17, 15) is 23.5 Å². The zero-order valence-electron chi connectivity index (χ0n) is 17.9. The van der Waals surface area contributed by atoms with Crippen molar-refractivity contribution in [2.45, 2.75) is 31.3 Å². The number of hydrogen-bond donors (Lipinski definition) is 2. The first-order valence-electron chi connectivity index (χ1n) is 11.0. The number of nitrogens with zero attached hydrogens (tertiary/aromatic N) is 3. The number of carbonyl (C=O) groups is 2. The summed E-state index contributed by atoms with van der Waals surface area (Å²) >= 11 is 0. The van der Waals surface area contributed by atoms with Crippen LogP contribution in [0.3, 0.4) is 0 Å². The lowest BCUT2D eigenvalue weighted by Gasteiger charge is -2.53. The third-order valence-electron chi connectivity index (χ3n) is 6.43. The predicted octanol–water partition coefficient (Wildman–Crippen LogP) is 2.82. The van der Waals surface area contributed by atoms with Crippen LogP contribution in [0.25, 0.3) is 0 Å². The van der Waals surface area contributed by atoms with Crippen LogP contribution in [0.1, 0.15) is 36.3 Å². The van der Waals surface area contributed by atoms with E-state index >= 15 is 0 Å². The van der Waals surface area contributed by atoms with E-state index in [1.54, 1.807) is 29.3 Å². The van der Waals surface area contributed by atoms with Crippen LogP contribution in [-0.4, -0.2) is 57.6 Å². The molecule has 33 heavy (non-hydrogen) atoms. The van der Waals surface area contributed by atoms with Gasteiger partial charge in [-0.2, -0.15) is 5.01 Å². The standard InChI is InChI=1S/C24H24F2N4O3/c25-17-8-4-6-15(12-17)20(16-7-5-9-18(26)13-16)23-28-10-2-1-3-11-29(28)24(33)21-22(32)19(31)14-27-30(21)23/h4-9,12-13,20,23,27,32H,1-3,10-11,14H2. The van der Waals surface area contributed by atoms with Crippen molar-refractivity contribution in [1.82, 2.24) is 20.5 Å². The molecule has 3 aliphatic heterocycles. The Bertz CT molecular complexity index is 1090. The molecule has 172 valence electrons. The molecule has 3 heterocycles. The smallest absolute Gasteiger partial charge is 0.289 e. The van der Waals surface area contributed by atoms with E-state index in [1.165, 1.54) is 29.3 Å². The van der Waals surface area contributed by atoms with Crippen molar-refractivity contribution in [2.75, 3.05) is 19.6 Å². The van der Waals surface area contributed by atoms with Gasteiger partial charge in [-0.1, -0.05) is 30.7 Å². The summed E-state index contributed by atoms with van der Waals surface area (Å²) in [4.78, 5) is 25.6. The summed E-state index contributed by atoms with van der Waals surface area (Å²) in [6.07, 6.45) is 1.86. The lowest BCUT2D eigenvalue weighted by atomic mass is 9.86. The maximum Gasteiger partial charge on any atom is 0.289 e. The summed E-state index contributed by atoms with van der Waals surface area (Å²) in [5.41, 5.74) is 4.01. The third-order valence-corrected chi connectivity index (χ3v) is 6.43. The molecule has 0 radical (unpaired) electrons. The molecule has 0 aliphatic carbocycles. The molecule has 2 saturated heterocycles. The molecule has 1 amide bonds. The fraction of sp³-hybridized carbons (Fsp3) is 0.333. The molecule has 1 unspecified atom stereocenters. The fourth-order valence-corrected chi connectivity index (χ4v) is 4.96. The van der Waals surface area contributed by atoms with Gasteiger partial charge in [0, 0.05) is 19.0 Å². The first-order valence-corrected chi connectivity index (χ1v) is 11.0. The lowest BCUT2D eigenvalue weighted by Crippen LogP contribution is -2.70. The van der Waals surface area contributed by atoms with E-state index in [0.717, 1.165) is 19.3 Å². The Morgan fingerprint density at radius 3 is 2.21 bits per heavy atom. The van der Waals surface area contributed by atoms with Crippen LogP contribution in [0.15, 0.2) is 60.0 Å². The predicted molar refractivity (Wildman–Crippen MR) is 115 cm³/mol. The Balaban J connectivity index is 1.73. The summed E-state index contributed by atoms with van der Waals surface area (Å²) in [6, 6.07) is 12.2. The van der Waals surface area contributed by atoms with Crippen molar-refractivity contribution < 1.29 is 23.5 Å². The molecular formula is C24H24F2N4O3. The van der Waals surface area contributed by atoms with E-state index in [2.05, 4.69) is 5.43 Å². The second-order valence-corrected chi connectivity index (χ2v) is 8.48. The van der Waals surface area contributed by atoms with Crippen LogP contribution in [-0.2, 0) is 9.59 Å². The quantitative estimate of drug-likeness (QED) is 0.743. The summed E-state index contributed by atoms with van der Waals surface area (Å²) in [5.74, 6) is -3.12. The molecule has 7 nitrogen and oxygen atoms in total. The van der Waals surface area contributed by atoms with Gasteiger partial charge in [0.15, 0.2) is 11.5 Å². The van der Waals surface area contributed by atoms with Gasteiger partial charge in [0.1, 0.15) is 17.8 Å². The number of hydrogen-bond acceptors (Lipinski definition) is 6. The van der Waals surface area contributed by atoms with E-state index in [-0.39, 0.29) is 12.2 Å². The summed E-state index contributed by atoms with van der Waals surface area (Å²) in [7, 11) is 0. The fourth-order valence-electron chi connectivity index (χ4n) is 4.96. The molecule has 0 bridgehead atoms. The molecule has 1 atom stereocenters. The maximum atomic E-state index is 14.3. The monoisotopic (exact) mass is 454 g/mol. The molecule has 5 rings (SSSR count). The number of fused-ring (bicyclic) bond motifs is 2. The molecule has 2 aromatic rings. The second kappa shape index (κ2) is 8.57. The SMILES string of the molecule is O=C1CNN2C(=C1O)C(=O)N1CCCCCN1C2C(c1cccc(F)c1)c1cccc(F)c1. The van der Waals surface area contributed by atoms with E-state index < -0.39 is 41.2 Å². The highest BCUT2D eigenvalue weighted by atomic mass is 19.1. The third kappa shape index (κ3) is 3.77. The molecule has 2 N–H and O–H groups in total. The first-order chi connectivity index (χ1) is 16.0. The number of hydrazine groups is 2. The highest BCUT2D eigenvalue weighted by Gasteiger charge is 2.50. The number of nitrogens with one attached hydrogen (secondary N) is 1. The minimum absolute atomic E-state index is 0.132. The van der Waals surface area contributed by atoms with Crippen LogP contribution < -0.4 is 5.43 Å². The van der Waals surface area contributed by atoms with Crippen molar-refractivity contribution in [2.24, 2.45) is 0 Å². The lowest BCUT2D eigenvalue weighted by molar-refractivity contribution is -0.183. The number of ketones is 1. The molecule has 2 aromatic carbocycles.